The van der Waals surface area contributed by atoms with Gasteiger partial charge in [0.25, 0.3) is 0 Å². The summed E-state index contributed by atoms with van der Waals surface area (Å²) >= 11 is 0. The van der Waals surface area contributed by atoms with Gasteiger partial charge in [0.2, 0.25) is 11.8 Å². The summed E-state index contributed by atoms with van der Waals surface area (Å²) in [6.45, 7) is 5.29. The highest BCUT2D eigenvalue weighted by Gasteiger charge is 2.34. The van der Waals surface area contributed by atoms with Crippen LogP contribution in [0.2, 0.25) is 0 Å². The van der Waals surface area contributed by atoms with Crippen molar-refractivity contribution in [3.63, 3.8) is 0 Å². The molecule has 0 spiro atoms. The summed E-state index contributed by atoms with van der Waals surface area (Å²) in [5.74, 6) is 0.201. The van der Waals surface area contributed by atoms with Gasteiger partial charge in [-0.25, -0.2) is 0 Å². The Morgan fingerprint density at radius 3 is 2.57 bits per heavy atom. The Balaban J connectivity index is 1.89. The third kappa shape index (κ3) is 4.06. The van der Waals surface area contributed by atoms with E-state index in [9.17, 15) is 9.59 Å². The monoisotopic (exact) mass is 288 g/mol. The molecule has 1 saturated heterocycles. The van der Waals surface area contributed by atoms with Crippen LogP contribution >= 0.6 is 0 Å². The number of amides is 2. The van der Waals surface area contributed by atoms with E-state index in [4.69, 9.17) is 0 Å². The minimum atomic E-state index is -0.337. The molecule has 0 aromatic heterocycles. The number of carbonyl (C=O) groups is 2. The molecular weight excluding hydrogens is 264 g/mol. The second-order valence-electron chi connectivity index (χ2n) is 5.91. The van der Waals surface area contributed by atoms with E-state index < -0.39 is 0 Å². The number of likely N-dealkylation sites (tertiary alicyclic amines) is 1. The normalized spacial score (nSPS) is 16.3. The maximum absolute atomic E-state index is 12.4. The molecule has 0 saturated carbocycles. The Hall–Kier alpha value is -1.84. The number of nitrogens with zero attached hydrogens (tertiary/aromatic N) is 1. The number of carbonyl (C=O) groups excluding carboxylic acids is 2. The first-order chi connectivity index (χ1) is 10.1. The van der Waals surface area contributed by atoms with Crippen LogP contribution in [0.1, 0.15) is 32.3 Å². The predicted molar refractivity (Wildman–Crippen MR) is 82.7 cm³/mol. The Morgan fingerprint density at radius 1 is 1.29 bits per heavy atom. The molecule has 0 aliphatic carbocycles. The summed E-state index contributed by atoms with van der Waals surface area (Å²) in [4.78, 5) is 26.0. The molecule has 1 aliphatic heterocycles. The molecule has 0 bridgehead atoms. The topological polar surface area (TPSA) is 49.4 Å². The average Bonchev–Trinajstić information content (AvgIpc) is 2.86. The van der Waals surface area contributed by atoms with E-state index in [1.807, 2.05) is 32.0 Å². The summed E-state index contributed by atoms with van der Waals surface area (Å²) in [6, 6.07) is 9.74. The second kappa shape index (κ2) is 7.25. The molecule has 1 heterocycles. The van der Waals surface area contributed by atoms with Crippen LogP contribution in [0, 0.1) is 5.92 Å². The number of rotatable bonds is 6. The maximum atomic E-state index is 12.4. The van der Waals surface area contributed by atoms with E-state index in [1.165, 1.54) is 5.56 Å². The van der Waals surface area contributed by atoms with E-state index in [0.29, 0.717) is 19.5 Å². The van der Waals surface area contributed by atoms with E-state index in [2.05, 4.69) is 17.4 Å². The zero-order valence-electron chi connectivity index (χ0n) is 12.8. The quantitative estimate of drug-likeness (QED) is 0.870. The van der Waals surface area contributed by atoms with Crippen molar-refractivity contribution in [1.29, 1.82) is 0 Å². The van der Waals surface area contributed by atoms with E-state index in [-0.39, 0.29) is 23.8 Å². The fourth-order valence-electron chi connectivity index (χ4n) is 2.85. The highest BCUT2D eigenvalue weighted by molar-refractivity contribution is 5.88. The average molecular weight is 288 g/mol. The van der Waals surface area contributed by atoms with Crippen molar-refractivity contribution in [1.82, 2.24) is 10.2 Å². The summed E-state index contributed by atoms with van der Waals surface area (Å²) in [5.41, 5.74) is 1.20. The third-order valence-electron chi connectivity index (χ3n) is 3.90. The molecule has 1 N–H and O–H groups in total. The van der Waals surface area contributed by atoms with Gasteiger partial charge in [-0.3, -0.25) is 9.59 Å². The first-order valence-corrected chi connectivity index (χ1v) is 7.70. The van der Waals surface area contributed by atoms with Crippen LogP contribution < -0.4 is 5.32 Å². The smallest absolute Gasteiger partial charge is 0.243 e. The van der Waals surface area contributed by atoms with Gasteiger partial charge in [0.15, 0.2) is 0 Å². The molecule has 1 aromatic carbocycles. The van der Waals surface area contributed by atoms with Crippen LogP contribution in [-0.4, -0.2) is 35.8 Å². The molecule has 0 radical (unpaired) electrons. The van der Waals surface area contributed by atoms with E-state index in [0.717, 1.165) is 12.8 Å². The van der Waals surface area contributed by atoms with Crippen molar-refractivity contribution in [3.8, 4) is 0 Å². The molecular formula is C17H24N2O2. The summed E-state index contributed by atoms with van der Waals surface area (Å²) in [7, 11) is 0. The Morgan fingerprint density at radius 2 is 2.00 bits per heavy atom. The fourth-order valence-corrected chi connectivity index (χ4v) is 2.85. The first-order valence-electron chi connectivity index (χ1n) is 7.70. The Labute approximate surface area is 126 Å². The zero-order chi connectivity index (χ0) is 15.2. The number of hydrogen-bond acceptors (Lipinski definition) is 2. The van der Waals surface area contributed by atoms with Crippen molar-refractivity contribution >= 4 is 11.8 Å². The highest BCUT2D eigenvalue weighted by Crippen LogP contribution is 2.19. The van der Waals surface area contributed by atoms with E-state index in [1.54, 1.807) is 4.90 Å². The van der Waals surface area contributed by atoms with Crippen LogP contribution in [0.15, 0.2) is 30.3 Å². The third-order valence-corrected chi connectivity index (χ3v) is 3.90. The molecule has 1 fully saturated rings. The number of benzene rings is 1. The van der Waals surface area contributed by atoms with Gasteiger partial charge < -0.3 is 10.2 Å². The van der Waals surface area contributed by atoms with E-state index >= 15 is 0 Å². The molecule has 21 heavy (non-hydrogen) atoms. The minimum absolute atomic E-state index is 0.0313. The SMILES string of the molecule is CC(C)[C@H](C(=O)NCCc1ccccc1)N1CCCC1=O. The van der Waals surface area contributed by atoms with Gasteiger partial charge in [0.1, 0.15) is 6.04 Å². The van der Waals surface area contributed by atoms with Crippen LogP contribution in [0.3, 0.4) is 0 Å². The van der Waals surface area contributed by atoms with Crippen molar-refractivity contribution in [2.24, 2.45) is 5.92 Å². The molecule has 2 amide bonds. The van der Waals surface area contributed by atoms with Gasteiger partial charge in [-0.15, -0.1) is 0 Å². The molecule has 114 valence electrons. The summed E-state index contributed by atoms with van der Waals surface area (Å²) in [5, 5.41) is 2.98. The number of hydrogen-bond donors (Lipinski definition) is 1. The Kier molecular flexibility index (Phi) is 5.37. The predicted octanol–water partition coefficient (Wildman–Crippen LogP) is 1.99. The van der Waals surface area contributed by atoms with Crippen molar-refractivity contribution in [2.45, 2.75) is 39.2 Å². The fraction of sp³-hybridized carbons (Fsp3) is 0.529. The minimum Gasteiger partial charge on any atom is -0.354 e. The van der Waals surface area contributed by atoms with Gasteiger partial charge >= 0.3 is 0 Å². The molecule has 4 heteroatoms. The van der Waals surface area contributed by atoms with Gasteiger partial charge in [-0.05, 0) is 24.3 Å². The Bertz CT molecular complexity index is 485. The lowest BCUT2D eigenvalue weighted by atomic mass is 10.0. The van der Waals surface area contributed by atoms with Gasteiger partial charge in [-0.1, -0.05) is 44.2 Å². The van der Waals surface area contributed by atoms with Gasteiger partial charge in [0.05, 0.1) is 0 Å². The molecule has 1 atom stereocenters. The summed E-state index contributed by atoms with van der Waals surface area (Å²) in [6.07, 6.45) is 2.24. The first kappa shape index (κ1) is 15.5. The number of nitrogens with one attached hydrogen (secondary N) is 1. The zero-order valence-corrected chi connectivity index (χ0v) is 12.8. The van der Waals surface area contributed by atoms with Crippen molar-refractivity contribution < 1.29 is 9.59 Å². The van der Waals surface area contributed by atoms with Crippen LogP contribution in [0.4, 0.5) is 0 Å². The van der Waals surface area contributed by atoms with Crippen LogP contribution in [0.25, 0.3) is 0 Å². The second-order valence-corrected chi connectivity index (χ2v) is 5.91. The molecule has 0 unspecified atom stereocenters. The standard InChI is InChI=1S/C17H24N2O2/c1-13(2)16(19-12-6-9-15(19)20)17(21)18-11-10-14-7-4-3-5-8-14/h3-5,7-8,13,16H,6,9-12H2,1-2H3,(H,18,21)/t16-/m1/s1. The highest BCUT2D eigenvalue weighted by atomic mass is 16.2. The molecule has 1 aromatic rings. The maximum Gasteiger partial charge on any atom is 0.243 e. The summed E-state index contributed by atoms with van der Waals surface area (Å²) < 4.78 is 0. The lowest BCUT2D eigenvalue weighted by Crippen LogP contribution is -2.50. The van der Waals surface area contributed by atoms with Crippen molar-refractivity contribution in [2.75, 3.05) is 13.1 Å². The molecule has 4 nitrogen and oxygen atoms in total. The van der Waals surface area contributed by atoms with Crippen LogP contribution in [0.5, 0.6) is 0 Å². The lowest BCUT2D eigenvalue weighted by Gasteiger charge is -2.29. The van der Waals surface area contributed by atoms with Gasteiger partial charge in [-0.2, -0.15) is 0 Å². The van der Waals surface area contributed by atoms with Crippen molar-refractivity contribution in [3.05, 3.63) is 35.9 Å². The van der Waals surface area contributed by atoms with Crippen LogP contribution in [-0.2, 0) is 16.0 Å². The molecule has 2 rings (SSSR count). The lowest BCUT2D eigenvalue weighted by molar-refractivity contribution is -0.139. The van der Waals surface area contributed by atoms with Gasteiger partial charge in [0, 0.05) is 19.5 Å². The molecule has 1 aliphatic rings. The largest absolute Gasteiger partial charge is 0.354 e.